The third kappa shape index (κ3) is 4.96. The highest BCUT2D eigenvalue weighted by atomic mass is 16.5. The summed E-state index contributed by atoms with van der Waals surface area (Å²) < 4.78 is 10.6. The Morgan fingerprint density at radius 2 is 1.79 bits per heavy atom. The molecule has 0 bridgehead atoms. The molecule has 0 fully saturated rings. The first kappa shape index (κ1) is 20.5. The maximum absolute atomic E-state index is 5.36. The van der Waals surface area contributed by atoms with E-state index in [1.165, 1.54) is 11.1 Å². The van der Waals surface area contributed by atoms with Gasteiger partial charge in [0.1, 0.15) is 5.82 Å². The summed E-state index contributed by atoms with van der Waals surface area (Å²) in [4.78, 5) is 8.95. The van der Waals surface area contributed by atoms with Gasteiger partial charge in [0.05, 0.1) is 14.2 Å². The van der Waals surface area contributed by atoms with Gasteiger partial charge in [0.15, 0.2) is 11.5 Å². The van der Waals surface area contributed by atoms with Crippen molar-refractivity contribution in [3.05, 3.63) is 65.4 Å². The van der Waals surface area contributed by atoms with E-state index in [9.17, 15) is 0 Å². The lowest BCUT2D eigenvalue weighted by Gasteiger charge is -2.17. The Morgan fingerprint density at radius 1 is 1.00 bits per heavy atom. The quantitative estimate of drug-likeness (QED) is 0.543. The van der Waals surface area contributed by atoms with Gasteiger partial charge in [-0.05, 0) is 47.7 Å². The second kappa shape index (κ2) is 9.28. The molecular weight excluding hydrogens is 364 g/mol. The number of para-hydroxylation sites is 1. The summed E-state index contributed by atoms with van der Waals surface area (Å²) in [5, 5.41) is 6.74. The second-order valence-corrected chi connectivity index (χ2v) is 7.13. The van der Waals surface area contributed by atoms with E-state index in [1.54, 1.807) is 20.4 Å². The van der Waals surface area contributed by atoms with Crippen LogP contribution in [0.4, 0.5) is 17.5 Å². The number of nitrogens with zero attached hydrogens (tertiary/aromatic N) is 2. The lowest BCUT2D eigenvalue weighted by atomic mass is 9.98. The molecule has 0 saturated heterocycles. The Bertz CT molecular complexity index is 973. The minimum atomic E-state index is 0.418. The highest BCUT2D eigenvalue weighted by Crippen LogP contribution is 2.30. The molecule has 0 spiro atoms. The summed E-state index contributed by atoms with van der Waals surface area (Å²) in [7, 11) is 3.26. The molecule has 0 amide bonds. The van der Waals surface area contributed by atoms with Crippen molar-refractivity contribution in [2.75, 3.05) is 24.9 Å². The van der Waals surface area contributed by atoms with Gasteiger partial charge in [0, 0.05) is 18.4 Å². The van der Waals surface area contributed by atoms with Crippen molar-refractivity contribution in [2.24, 2.45) is 0 Å². The van der Waals surface area contributed by atoms with Gasteiger partial charge in [-0.15, -0.1) is 0 Å². The van der Waals surface area contributed by atoms with Crippen LogP contribution in [0.5, 0.6) is 11.5 Å². The number of benzene rings is 2. The van der Waals surface area contributed by atoms with Gasteiger partial charge in [-0.1, -0.05) is 38.1 Å². The number of rotatable bonds is 8. The highest BCUT2D eigenvalue weighted by Gasteiger charge is 2.10. The van der Waals surface area contributed by atoms with Gasteiger partial charge < -0.3 is 20.1 Å². The van der Waals surface area contributed by atoms with Crippen molar-refractivity contribution in [2.45, 2.75) is 33.2 Å². The summed E-state index contributed by atoms with van der Waals surface area (Å²) in [5.41, 5.74) is 4.61. The fourth-order valence-corrected chi connectivity index (χ4v) is 3.16. The molecule has 0 radical (unpaired) electrons. The van der Waals surface area contributed by atoms with E-state index in [-0.39, 0.29) is 0 Å². The van der Waals surface area contributed by atoms with Gasteiger partial charge >= 0.3 is 0 Å². The molecule has 0 atom stereocenters. The molecule has 6 nitrogen and oxygen atoms in total. The predicted molar refractivity (Wildman–Crippen MR) is 117 cm³/mol. The van der Waals surface area contributed by atoms with Crippen LogP contribution >= 0.6 is 0 Å². The van der Waals surface area contributed by atoms with E-state index in [1.807, 2.05) is 24.3 Å². The molecule has 1 heterocycles. The van der Waals surface area contributed by atoms with Crippen LogP contribution in [0.3, 0.4) is 0 Å². The molecule has 29 heavy (non-hydrogen) atoms. The minimum Gasteiger partial charge on any atom is -0.493 e. The van der Waals surface area contributed by atoms with Crippen LogP contribution in [-0.4, -0.2) is 24.2 Å². The summed E-state index contributed by atoms with van der Waals surface area (Å²) in [6.07, 6.45) is 1.75. The van der Waals surface area contributed by atoms with E-state index in [0.717, 1.165) is 17.1 Å². The molecular formula is C23H28N4O2. The Kier molecular flexibility index (Phi) is 6.54. The molecule has 1 aromatic heterocycles. The van der Waals surface area contributed by atoms with Crippen LogP contribution in [0.25, 0.3) is 0 Å². The van der Waals surface area contributed by atoms with Crippen LogP contribution in [0, 0.1) is 6.92 Å². The van der Waals surface area contributed by atoms with Crippen molar-refractivity contribution in [1.29, 1.82) is 0 Å². The number of hydrogen-bond acceptors (Lipinski definition) is 6. The van der Waals surface area contributed by atoms with Gasteiger partial charge in [-0.2, -0.15) is 4.98 Å². The Labute approximate surface area is 172 Å². The average Bonchev–Trinajstić information content (AvgIpc) is 2.73. The summed E-state index contributed by atoms with van der Waals surface area (Å²) in [6.45, 7) is 7.06. The minimum absolute atomic E-state index is 0.418. The lowest BCUT2D eigenvalue weighted by molar-refractivity contribution is 0.354. The maximum atomic E-state index is 5.36. The number of hydrogen-bond donors (Lipinski definition) is 2. The molecule has 2 aromatic carbocycles. The molecule has 0 aliphatic carbocycles. The van der Waals surface area contributed by atoms with Crippen LogP contribution < -0.4 is 20.1 Å². The Balaban J connectivity index is 1.74. The SMILES string of the molecule is COc1ccc(CNc2nccc(Nc3c(C)cccc3C(C)C)n2)cc1OC. The monoisotopic (exact) mass is 392 g/mol. The topological polar surface area (TPSA) is 68.3 Å². The van der Waals surface area contributed by atoms with Crippen LogP contribution in [0.2, 0.25) is 0 Å². The molecule has 0 unspecified atom stereocenters. The van der Waals surface area contributed by atoms with Crippen molar-refractivity contribution in [1.82, 2.24) is 9.97 Å². The molecule has 6 heteroatoms. The standard InChI is InChI=1S/C23H28N4O2/c1-15(2)18-8-6-7-16(3)22(18)26-21-11-12-24-23(27-21)25-14-17-9-10-19(28-4)20(13-17)29-5/h6-13,15H,14H2,1-5H3,(H2,24,25,26,27). The third-order valence-electron chi connectivity index (χ3n) is 4.73. The zero-order valence-electron chi connectivity index (χ0n) is 17.6. The van der Waals surface area contributed by atoms with E-state index in [4.69, 9.17) is 9.47 Å². The number of anilines is 3. The van der Waals surface area contributed by atoms with Crippen LogP contribution in [-0.2, 0) is 6.54 Å². The molecule has 0 aliphatic heterocycles. The van der Waals surface area contributed by atoms with Gasteiger partial charge in [0.2, 0.25) is 5.95 Å². The normalized spacial score (nSPS) is 10.7. The number of nitrogens with one attached hydrogen (secondary N) is 2. The average molecular weight is 393 g/mol. The van der Waals surface area contributed by atoms with E-state index in [2.05, 4.69) is 59.6 Å². The Morgan fingerprint density at radius 3 is 2.52 bits per heavy atom. The highest BCUT2D eigenvalue weighted by molar-refractivity contribution is 5.65. The number of aromatic nitrogens is 2. The molecule has 3 rings (SSSR count). The van der Waals surface area contributed by atoms with Gasteiger partial charge in [-0.3, -0.25) is 0 Å². The van der Waals surface area contributed by atoms with Gasteiger partial charge in [0.25, 0.3) is 0 Å². The third-order valence-corrected chi connectivity index (χ3v) is 4.73. The van der Waals surface area contributed by atoms with E-state index in [0.29, 0.717) is 29.9 Å². The number of aryl methyl sites for hydroxylation is 1. The fourth-order valence-electron chi connectivity index (χ4n) is 3.16. The van der Waals surface area contributed by atoms with Crippen molar-refractivity contribution in [3.63, 3.8) is 0 Å². The number of methoxy groups -OCH3 is 2. The molecule has 2 N–H and O–H groups in total. The largest absolute Gasteiger partial charge is 0.493 e. The zero-order chi connectivity index (χ0) is 20.8. The van der Waals surface area contributed by atoms with E-state index < -0.39 is 0 Å². The summed E-state index contributed by atoms with van der Waals surface area (Å²) in [5.74, 6) is 3.14. The Hall–Kier alpha value is -3.28. The summed E-state index contributed by atoms with van der Waals surface area (Å²) in [6, 6.07) is 14.0. The fraction of sp³-hybridized carbons (Fsp3) is 0.304. The molecule has 0 aliphatic rings. The van der Waals surface area contributed by atoms with Crippen molar-refractivity contribution < 1.29 is 9.47 Å². The predicted octanol–water partition coefficient (Wildman–Crippen LogP) is 5.28. The maximum Gasteiger partial charge on any atom is 0.224 e. The first-order valence-electron chi connectivity index (χ1n) is 9.66. The van der Waals surface area contributed by atoms with Crippen molar-refractivity contribution >= 4 is 17.5 Å². The molecule has 3 aromatic rings. The smallest absolute Gasteiger partial charge is 0.224 e. The van der Waals surface area contributed by atoms with Crippen LogP contribution in [0.1, 0.15) is 36.5 Å². The summed E-state index contributed by atoms with van der Waals surface area (Å²) >= 11 is 0. The molecule has 152 valence electrons. The molecule has 0 saturated carbocycles. The van der Waals surface area contributed by atoms with Gasteiger partial charge in [-0.25, -0.2) is 4.98 Å². The second-order valence-electron chi connectivity index (χ2n) is 7.13. The van der Waals surface area contributed by atoms with E-state index >= 15 is 0 Å². The zero-order valence-corrected chi connectivity index (χ0v) is 17.6. The van der Waals surface area contributed by atoms with Crippen molar-refractivity contribution in [3.8, 4) is 11.5 Å². The first-order valence-corrected chi connectivity index (χ1v) is 9.66. The first-order chi connectivity index (χ1) is 14.0. The number of ether oxygens (including phenoxy) is 2. The lowest BCUT2D eigenvalue weighted by Crippen LogP contribution is -2.06. The van der Waals surface area contributed by atoms with Crippen LogP contribution in [0.15, 0.2) is 48.7 Å².